The SMILES string of the molecule is CCN(CC(C)C(=O)O)C(=O)NCCOc1ccccc1. The van der Waals surface area contributed by atoms with Crippen LogP contribution < -0.4 is 10.1 Å². The van der Waals surface area contributed by atoms with Crippen molar-refractivity contribution >= 4 is 12.0 Å². The molecule has 0 aliphatic heterocycles. The van der Waals surface area contributed by atoms with Crippen LogP contribution in [0.15, 0.2) is 30.3 Å². The van der Waals surface area contributed by atoms with Gasteiger partial charge in [-0.15, -0.1) is 0 Å². The molecule has 0 saturated carbocycles. The first-order valence-corrected chi connectivity index (χ1v) is 6.98. The average molecular weight is 294 g/mol. The number of aliphatic carboxylic acids is 1. The Bertz CT molecular complexity index is 450. The molecule has 0 radical (unpaired) electrons. The van der Waals surface area contributed by atoms with Gasteiger partial charge < -0.3 is 20.1 Å². The number of carboxylic acid groups (broad SMARTS) is 1. The second-order valence-corrected chi connectivity index (χ2v) is 4.67. The van der Waals surface area contributed by atoms with Gasteiger partial charge in [-0.1, -0.05) is 25.1 Å². The maximum Gasteiger partial charge on any atom is 0.317 e. The monoisotopic (exact) mass is 294 g/mol. The van der Waals surface area contributed by atoms with E-state index in [1.807, 2.05) is 37.3 Å². The van der Waals surface area contributed by atoms with E-state index in [4.69, 9.17) is 9.84 Å². The number of hydrogen-bond acceptors (Lipinski definition) is 3. The third-order valence-electron chi connectivity index (χ3n) is 2.97. The molecule has 1 aromatic carbocycles. The minimum atomic E-state index is -0.909. The molecule has 0 saturated heterocycles. The summed E-state index contributed by atoms with van der Waals surface area (Å²) in [5.41, 5.74) is 0. The summed E-state index contributed by atoms with van der Waals surface area (Å²) in [6, 6.07) is 9.06. The summed E-state index contributed by atoms with van der Waals surface area (Å²) in [5.74, 6) is -0.747. The third-order valence-corrected chi connectivity index (χ3v) is 2.97. The van der Waals surface area contributed by atoms with E-state index in [0.717, 1.165) is 5.75 Å². The van der Waals surface area contributed by atoms with Gasteiger partial charge in [0, 0.05) is 13.1 Å². The summed E-state index contributed by atoms with van der Waals surface area (Å²) in [4.78, 5) is 24.2. The van der Waals surface area contributed by atoms with Gasteiger partial charge in [0.05, 0.1) is 12.5 Å². The summed E-state index contributed by atoms with van der Waals surface area (Å²) in [6.07, 6.45) is 0. The lowest BCUT2D eigenvalue weighted by Gasteiger charge is -2.23. The Kier molecular flexibility index (Phi) is 7.08. The number of para-hydroxylation sites is 1. The molecule has 1 aromatic rings. The van der Waals surface area contributed by atoms with E-state index in [1.165, 1.54) is 4.90 Å². The molecular formula is C15H22N2O4. The number of nitrogens with one attached hydrogen (secondary N) is 1. The Hall–Kier alpha value is -2.24. The number of ether oxygens (including phenoxy) is 1. The van der Waals surface area contributed by atoms with Gasteiger partial charge in [-0.3, -0.25) is 4.79 Å². The average Bonchev–Trinajstić information content (AvgIpc) is 2.49. The zero-order chi connectivity index (χ0) is 15.7. The molecule has 1 unspecified atom stereocenters. The van der Waals surface area contributed by atoms with E-state index in [-0.39, 0.29) is 12.6 Å². The van der Waals surface area contributed by atoms with Crippen LogP contribution in [0.1, 0.15) is 13.8 Å². The fourth-order valence-electron chi connectivity index (χ4n) is 1.72. The fourth-order valence-corrected chi connectivity index (χ4v) is 1.72. The molecule has 0 heterocycles. The topological polar surface area (TPSA) is 78.9 Å². The molecule has 1 rings (SSSR count). The van der Waals surface area contributed by atoms with Crippen LogP contribution in [0.3, 0.4) is 0 Å². The molecule has 21 heavy (non-hydrogen) atoms. The number of carbonyl (C=O) groups excluding carboxylic acids is 1. The normalized spacial score (nSPS) is 11.5. The van der Waals surface area contributed by atoms with Gasteiger partial charge in [-0.2, -0.15) is 0 Å². The number of carboxylic acids is 1. The molecule has 0 aliphatic carbocycles. The van der Waals surface area contributed by atoms with Crippen molar-refractivity contribution in [3.05, 3.63) is 30.3 Å². The smallest absolute Gasteiger partial charge is 0.317 e. The Morgan fingerprint density at radius 1 is 1.33 bits per heavy atom. The summed E-state index contributed by atoms with van der Waals surface area (Å²) in [7, 11) is 0. The van der Waals surface area contributed by atoms with Crippen molar-refractivity contribution in [2.24, 2.45) is 5.92 Å². The van der Waals surface area contributed by atoms with Crippen LogP contribution in [0.4, 0.5) is 4.79 Å². The number of nitrogens with zero attached hydrogens (tertiary/aromatic N) is 1. The Morgan fingerprint density at radius 2 is 2.00 bits per heavy atom. The third kappa shape index (κ3) is 6.16. The highest BCUT2D eigenvalue weighted by Crippen LogP contribution is 2.07. The molecular weight excluding hydrogens is 272 g/mol. The maximum absolute atomic E-state index is 11.9. The fraction of sp³-hybridized carbons (Fsp3) is 0.467. The minimum Gasteiger partial charge on any atom is -0.492 e. The van der Waals surface area contributed by atoms with E-state index in [0.29, 0.717) is 19.7 Å². The molecule has 0 aliphatic rings. The molecule has 6 nitrogen and oxygen atoms in total. The Labute approximate surface area is 124 Å². The van der Waals surface area contributed by atoms with Crippen LogP contribution >= 0.6 is 0 Å². The lowest BCUT2D eigenvalue weighted by atomic mass is 10.2. The van der Waals surface area contributed by atoms with E-state index in [9.17, 15) is 9.59 Å². The van der Waals surface area contributed by atoms with Crippen LogP contribution in [0.25, 0.3) is 0 Å². The largest absolute Gasteiger partial charge is 0.492 e. The summed E-state index contributed by atoms with van der Waals surface area (Å²) in [5, 5.41) is 11.6. The lowest BCUT2D eigenvalue weighted by Crippen LogP contribution is -2.44. The van der Waals surface area contributed by atoms with Gasteiger partial charge in [0.1, 0.15) is 12.4 Å². The first-order chi connectivity index (χ1) is 10.0. The molecule has 1 atom stereocenters. The molecule has 2 amide bonds. The molecule has 116 valence electrons. The van der Waals surface area contributed by atoms with Crippen LogP contribution in [-0.2, 0) is 4.79 Å². The van der Waals surface area contributed by atoms with Gasteiger partial charge in [0.2, 0.25) is 0 Å². The summed E-state index contributed by atoms with van der Waals surface area (Å²) in [6.45, 7) is 4.78. The van der Waals surface area contributed by atoms with Crippen LogP contribution in [0, 0.1) is 5.92 Å². The number of amides is 2. The highest BCUT2D eigenvalue weighted by molar-refractivity contribution is 5.75. The first-order valence-electron chi connectivity index (χ1n) is 6.98. The van der Waals surface area contributed by atoms with Crippen molar-refractivity contribution < 1.29 is 19.4 Å². The van der Waals surface area contributed by atoms with Crippen LogP contribution in [-0.4, -0.2) is 48.2 Å². The predicted molar refractivity (Wildman–Crippen MR) is 79.4 cm³/mol. The number of carbonyl (C=O) groups is 2. The number of hydrogen-bond donors (Lipinski definition) is 2. The highest BCUT2D eigenvalue weighted by Gasteiger charge is 2.18. The molecule has 0 aromatic heterocycles. The summed E-state index contributed by atoms with van der Waals surface area (Å²) < 4.78 is 5.46. The summed E-state index contributed by atoms with van der Waals surface area (Å²) >= 11 is 0. The maximum atomic E-state index is 11.9. The second-order valence-electron chi connectivity index (χ2n) is 4.67. The van der Waals surface area contributed by atoms with Crippen molar-refractivity contribution in [3.8, 4) is 5.75 Å². The minimum absolute atomic E-state index is 0.192. The molecule has 2 N–H and O–H groups in total. The van der Waals surface area contributed by atoms with E-state index >= 15 is 0 Å². The van der Waals surface area contributed by atoms with Gasteiger partial charge in [0.25, 0.3) is 0 Å². The Balaban J connectivity index is 2.29. The number of benzene rings is 1. The van der Waals surface area contributed by atoms with Crippen molar-refractivity contribution in [2.45, 2.75) is 13.8 Å². The highest BCUT2D eigenvalue weighted by atomic mass is 16.5. The van der Waals surface area contributed by atoms with Crippen molar-refractivity contribution in [2.75, 3.05) is 26.2 Å². The molecule has 0 bridgehead atoms. The van der Waals surface area contributed by atoms with Gasteiger partial charge in [-0.05, 0) is 19.1 Å². The number of rotatable bonds is 8. The van der Waals surface area contributed by atoms with E-state index in [1.54, 1.807) is 6.92 Å². The van der Waals surface area contributed by atoms with Crippen molar-refractivity contribution in [1.29, 1.82) is 0 Å². The van der Waals surface area contributed by atoms with Gasteiger partial charge >= 0.3 is 12.0 Å². The quantitative estimate of drug-likeness (QED) is 0.717. The second kappa shape index (κ2) is 8.84. The van der Waals surface area contributed by atoms with Crippen molar-refractivity contribution in [1.82, 2.24) is 10.2 Å². The predicted octanol–water partition coefficient (Wildman–Crippen LogP) is 1.82. The van der Waals surface area contributed by atoms with E-state index < -0.39 is 11.9 Å². The zero-order valence-electron chi connectivity index (χ0n) is 12.4. The molecule has 0 fully saturated rings. The van der Waals surface area contributed by atoms with Crippen LogP contribution in [0.2, 0.25) is 0 Å². The first kappa shape index (κ1) is 16.8. The number of urea groups is 1. The standard InChI is InChI=1S/C15H22N2O4/c1-3-17(11-12(2)14(18)19)15(20)16-9-10-21-13-7-5-4-6-8-13/h4-8,12H,3,9-11H2,1-2H3,(H,16,20)(H,18,19). The zero-order valence-corrected chi connectivity index (χ0v) is 12.4. The van der Waals surface area contributed by atoms with Crippen LogP contribution in [0.5, 0.6) is 5.75 Å². The lowest BCUT2D eigenvalue weighted by molar-refractivity contribution is -0.141. The molecule has 0 spiro atoms. The van der Waals surface area contributed by atoms with Gasteiger partial charge in [-0.25, -0.2) is 4.79 Å². The Morgan fingerprint density at radius 3 is 2.57 bits per heavy atom. The molecule has 6 heteroatoms. The van der Waals surface area contributed by atoms with E-state index in [2.05, 4.69) is 5.32 Å². The van der Waals surface area contributed by atoms with Gasteiger partial charge in [0.15, 0.2) is 0 Å². The van der Waals surface area contributed by atoms with Crippen molar-refractivity contribution in [3.63, 3.8) is 0 Å².